The molecule has 1 aromatic carbocycles. The molecule has 2 aromatic rings. The molecule has 0 fully saturated rings. The standard InChI is InChI=1S/C17H22N2O5S/c1-3-5-12(2)19-25(22,23)16-10-13(17(20)21)7-8-15(16)18-11-14-6-4-9-24-14/h4,6-10,12,18-19H,3,5,11H2,1-2H3,(H,20,21)/t12-/m0/s1. The Morgan fingerprint density at radius 2 is 2.08 bits per heavy atom. The Morgan fingerprint density at radius 1 is 1.32 bits per heavy atom. The zero-order valence-corrected chi connectivity index (χ0v) is 15.0. The highest BCUT2D eigenvalue weighted by atomic mass is 32.2. The predicted octanol–water partition coefficient (Wildman–Crippen LogP) is 3.06. The van der Waals surface area contributed by atoms with Gasteiger partial charge in [-0.1, -0.05) is 13.3 Å². The lowest BCUT2D eigenvalue weighted by molar-refractivity contribution is 0.0696. The SMILES string of the molecule is CCC[C@H](C)NS(=O)(=O)c1cc(C(=O)O)ccc1NCc1ccco1. The van der Waals surface area contributed by atoms with Crippen LogP contribution in [-0.2, 0) is 16.6 Å². The van der Waals surface area contributed by atoms with Crippen LogP contribution in [0.1, 0.15) is 42.8 Å². The number of anilines is 1. The predicted molar refractivity (Wildman–Crippen MR) is 94.1 cm³/mol. The summed E-state index contributed by atoms with van der Waals surface area (Å²) in [5.41, 5.74) is 0.227. The molecule has 0 aliphatic heterocycles. The van der Waals surface area contributed by atoms with Gasteiger partial charge in [0.2, 0.25) is 10.0 Å². The van der Waals surface area contributed by atoms with Crippen molar-refractivity contribution in [3.8, 4) is 0 Å². The molecule has 0 bridgehead atoms. The molecule has 1 atom stereocenters. The summed E-state index contributed by atoms with van der Waals surface area (Å²) in [6.45, 7) is 4.02. The molecule has 136 valence electrons. The molecule has 0 aliphatic rings. The van der Waals surface area contributed by atoms with Crippen LogP contribution in [-0.4, -0.2) is 25.5 Å². The van der Waals surface area contributed by atoms with E-state index in [1.807, 2.05) is 6.92 Å². The van der Waals surface area contributed by atoms with Crippen molar-refractivity contribution >= 4 is 21.7 Å². The van der Waals surface area contributed by atoms with Gasteiger partial charge in [-0.15, -0.1) is 0 Å². The number of rotatable bonds is 9. The van der Waals surface area contributed by atoms with Gasteiger partial charge in [0.05, 0.1) is 24.1 Å². The number of carbonyl (C=O) groups is 1. The zero-order chi connectivity index (χ0) is 18.4. The smallest absolute Gasteiger partial charge is 0.335 e. The van der Waals surface area contributed by atoms with E-state index in [2.05, 4.69) is 10.0 Å². The quantitative estimate of drug-likeness (QED) is 0.629. The molecule has 0 saturated carbocycles. The first-order valence-electron chi connectivity index (χ1n) is 7.99. The summed E-state index contributed by atoms with van der Waals surface area (Å²) < 4.78 is 33.2. The summed E-state index contributed by atoms with van der Waals surface area (Å²) in [6.07, 6.45) is 3.05. The molecular weight excluding hydrogens is 344 g/mol. The second kappa shape index (κ2) is 8.17. The van der Waals surface area contributed by atoms with E-state index in [-0.39, 0.29) is 23.0 Å². The number of carboxylic acids is 1. The largest absolute Gasteiger partial charge is 0.478 e. The van der Waals surface area contributed by atoms with Crippen LogP contribution in [0.4, 0.5) is 5.69 Å². The van der Waals surface area contributed by atoms with Crippen LogP contribution in [0.2, 0.25) is 0 Å². The Balaban J connectivity index is 2.33. The number of nitrogens with one attached hydrogen (secondary N) is 2. The van der Waals surface area contributed by atoms with Gasteiger partial charge in [0.25, 0.3) is 0 Å². The number of hydrogen-bond donors (Lipinski definition) is 3. The maximum absolute atomic E-state index is 12.7. The van der Waals surface area contributed by atoms with Crippen molar-refractivity contribution in [1.29, 1.82) is 0 Å². The average Bonchev–Trinajstić information content (AvgIpc) is 3.05. The Morgan fingerprint density at radius 3 is 2.68 bits per heavy atom. The van der Waals surface area contributed by atoms with Gasteiger partial charge in [-0.05, 0) is 43.7 Å². The highest BCUT2D eigenvalue weighted by Gasteiger charge is 2.22. The number of carboxylic acid groups (broad SMARTS) is 1. The van der Waals surface area contributed by atoms with Crippen molar-refractivity contribution in [2.24, 2.45) is 0 Å². The summed E-state index contributed by atoms with van der Waals surface area (Å²) in [7, 11) is -3.87. The molecular formula is C17H22N2O5S. The van der Waals surface area contributed by atoms with Crippen molar-refractivity contribution < 1.29 is 22.7 Å². The number of aromatic carboxylic acids is 1. The molecule has 1 aromatic heterocycles. The van der Waals surface area contributed by atoms with E-state index in [1.54, 1.807) is 19.1 Å². The molecule has 2 rings (SSSR count). The average molecular weight is 366 g/mol. The Bertz CT molecular complexity index is 816. The topological polar surface area (TPSA) is 109 Å². The van der Waals surface area contributed by atoms with Crippen molar-refractivity contribution in [2.45, 2.75) is 44.2 Å². The van der Waals surface area contributed by atoms with E-state index in [0.717, 1.165) is 12.5 Å². The van der Waals surface area contributed by atoms with Crippen LogP contribution in [0.3, 0.4) is 0 Å². The van der Waals surface area contributed by atoms with Crippen molar-refractivity contribution in [3.63, 3.8) is 0 Å². The molecule has 25 heavy (non-hydrogen) atoms. The normalized spacial score (nSPS) is 12.7. The Labute approximate surface area is 147 Å². The maximum atomic E-state index is 12.7. The van der Waals surface area contributed by atoms with Crippen LogP contribution < -0.4 is 10.0 Å². The monoisotopic (exact) mass is 366 g/mol. The van der Waals surface area contributed by atoms with Gasteiger partial charge in [-0.3, -0.25) is 0 Å². The molecule has 0 spiro atoms. The van der Waals surface area contributed by atoms with Gasteiger partial charge in [0, 0.05) is 6.04 Å². The van der Waals surface area contributed by atoms with Crippen molar-refractivity contribution in [3.05, 3.63) is 47.9 Å². The van der Waals surface area contributed by atoms with Gasteiger partial charge in [0.15, 0.2) is 0 Å². The van der Waals surface area contributed by atoms with Crippen molar-refractivity contribution in [2.75, 3.05) is 5.32 Å². The lowest BCUT2D eigenvalue weighted by Crippen LogP contribution is -2.33. The third kappa shape index (κ3) is 5.07. The first-order chi connectivity index (χ1) is 11.8. The lowest BCUT2D eigenvalue weighted by atomic mass is 10.2. The molecule has 0 aliphatic carbocycles. The fraction of sp³-hybridized carbons (Fsp3) is 0.353. The molecule has 8 heteroatoms. The third-order valence-corrected chi connectivity index (χ3v) is 5.26. The van der Waals surface area contributed by atoms with Crippen LogP contribution in [0.15, 0.2) is 45.9 Å². The first kappa shape index (κ1) is 19.0. The van der Waals surface area contributed by atoms with E-state index in [4.69, 9.17) is 9.52 Å². The molecule has 7 nitrogen and oxygen atoms in total. The van der Waals surface area contributed by atoms with Crippen LogP contribution >= 0.6 is 0 Å². The number of sulfonamides is 1. The van der Waals surface area contributed by atoms with Gasteiger partial charge in [0.1, 0.15) is 10.7 Å². The van der Waals surface area contributed by atoms with Gasteiger partial charge in [-0.25, -0.2) is 17.9 Å². The molecule has 0 radical (unpaired) electrons. The summed E-state index contributed by atoms with van der Waals surface area (Å²) in [6, 6.07) is 7.21. The molecule has 1 heterocycles. The second-order valence-electron chi connectivity index (χ2n) is 5.76. The Hall–Kier alpha value is -2.32. The second-order valence-corrected chi connectivity index (χ2v) is 7.44. The van der Waals surface area contributed by atoms with E-state index in [9.17, 15) is 13.2 Å². The summed E-state index contributed by atoms with van der Waals surface area (Å²) in [4.78, 5) is 11.1. The molecule has 0 saturated heterocycles. The first-order valence-corrected chi connectivity index (χ1v) is 9.47. The van der Waals surface area contributed by atoms with E-state index >= 15 is 0 Å². The highest BCUT2D eigenvalue weighted by molar-refractivity contribution is 7.89. The van der Waals surface area contributed by atoms with Crippen molar-refractivity contribution in [1.82, 2.24) is 4.72 Å². The fourth-order valence-corrected chi connectivity index (χ4v) is 3.93. The molecule has 0 amide bonds. The van der Waals surface area contributed by atoms with E-state index in [1.165, 1.54) is 18.4 Å². The lowest BCUT2D eigenvalue weighted by Gasteiger charge is -2.17. The summed E-state index contributed by atoms with van der Waals surface area (Å²) >= 11 is 0. The number of benzene rings is 1. The molecule has 3 N–H and O–H groups in total. The fourth-order valence-electron chi connectivity index (χ4n) is 2.44. The van der Waals surface area contributed by atoms with E-state index in [0.29, 0.717) is 17.9 Å². The number of hydrogen-bond acceptors (Lipinski definition) is 5. The number of furan rings is 1. The molecule has 0 unspecified atom stereocenters. The minimum atomic E-state index is -3.87. The highest BCUT2D eigenvalue weighted by Crippen LogP contribution is 2.24. The van der Waals surface area contributed by atoms with Crippen LogP contribution in [0.5, 0.6) is 0 Å². The van der Waals surface area contributed by atoms with Gasteiger partial charge < -0.3 is 14.8 Å². The minimum absolute atomic E-state index is 0.0907. The Kier molecular flexibility index (Phi) is 6.22. The third-order valence-electron chi connectivity index (χ3n) is 3.63. The van der Waals surface area contributed by atoms with Crippen LogP contribution in [0, 0.1) is 0 Å². The zero-order valence-electron chi connectivity index (χ0n) is 14.2. The maximum Gasteiger partial charge on any atom is 0.335 e. The van der Waals surface area contributed by atoms with Crippen LogP contribution in [0.25, 0.3) is 0 Å². The summed E-state index contributed by atoms with van der Waals surface area (Å²) in [5, 5.41) is 12.1. The summed E-state index contributed by atoms with van der Waals surface area (Å²) in [5.74, 6) is -0.548. The minimum Gasteiger partial charge on any atom is -0.478 e. The van der Waals surface area contributed by atoms with Gasteiger partial charge >= 0.3 is 5.97 Å². The van der Waals surface area contributed by atoms with Gasteiger partial charge in [-0.2, -0.15) is 0 Å². The van der Waals surface area contributed by atoms with E-state index < -0.39 is 16.0 Å².